The first-order chi connectivity index (χ1) is 10.2. The predicted octanol–water partition coefficient (Wildman–Crippen LogP) is 2.23. The van der Waals surface area contributed by atoms with Crippen molar-refractivity contribution in [3.8, 4) is 0 Å². The maximum Gasteiger partial charge on any atom is 0.407 e. The number of carboxylic acid groups (broad SMARTS) is 1. The van der Waals surface area contributed by atoms with Crippen molar-refractivity contribution in [2.75, 3.05) is 13.1 Å². The number of nitrogens with zero attached hydrogens (tertiary/aromatic N) is 4. The van der Waals surface area contributed by atoms with E-state index in [1.165, 1.54) is 4.90 Å². The Morgan fingerprint density at radius 1 is 1.43 bits per heavy atom. The molecule has 0 aliphatic carbocycles. The van der Waals surface area contributed by atoms with Crippen LogP contribution >= 0.6 is 0 Å². The monoisotopic (exact) mass is 285 g/mol. The van der Waals surface area contributed by atoms with Gasteiger partial charge in [0.1, 0.15) is 11.2 Å². The summed E-state index contributed by atoms with van der Waals surface area (Å²) in [4.78, 5) is 24.5. The van der Waals surface area contributed by atoms with E-state index in [0.717, 1.165) is 34.9 Å². The smallest absolute Gasteiger partial charge is 0.407 e. The van der Waals surface area contributed by atoms with Crippen LogP contribution in [0.1, 0.15) is 18.9 Å². The summed E-state index contributed by atoms with van der Waals surface area (Å²) >= 11 is 0. The fraction of sp³-hybridized carbons (Fsp3) is 0.357. The van der Waals surface area contributed by atoms with Gasteiger partial charge in [0.2, 0.25) is 0 Å². The standard InChI is InChI=1S/C14H15N5O2/c20-14(21)18-5-1-2-9(7-18)19-8-17-11-6-16-13-10(12(11)19)3-4-15-13/h3-4,6,8-9H,1-2,5,7H2,(H,15,16)(H,20,21)/t9-/m1/s1. The van der Waals surface area contributed by atoms with Gasteiger partial charge in [-0.25, -0.2) is 14.8 Å². The molecular weight excluding hydrogens is 270 g/mol. The summed E-state index contributed by atoms with van der Waals surface area (Å²) in [6.45, 7) is 1.12. The molecule has 1 saturated heterocycles. The highest BCUT2D eigenvalue weighted by Gasteiger charge is 2.25. The van der Waals surface area contributed by atoms with Crippen LogP contribution in [-0.2, 0) is 0 Å². The van der Waals surface area contributed by atoms with Crippen molar-refractivity contribution >= 4 is 28.2 Å². The van der Waals surface area contributed by atoms with E-state index < -0.39 is 6.09 Å². The summed E-state index contributed by atoms with van der Waals surface area (Å²) in [5, 5.41) is 10.2. The quantitative estimate of drug-likeness (QED) is 0.717. The van der Waals surface area contributed by atoms with Crippen LogP contribution in [0.5, 0.6) is 0 Å². The molecule has 0 aromatic carbocycles. The van der Waals surface area contributed by atoms with Crippen LogP contribution in [0.15, 0.2) is 24.8 Å². The van der Waals surface area contributed by atoms with Gasteiger partial charge in [0.15, 0.2) is 0 Å². The molecule has 1 amide bonds. The number of aromatic amines is 1. The lowest BCUT2D eigenvalue weighted by Crippen LogP contribution is -2.39. The number of piperidine rings is 1. The number of H-pyrrole nitrogens is 1. The molecule has 3 aromatic rings. The Morgan fingerprint density at radius 2 is 2.33 bits per heavy atom. The lowest BCUT2D eigenvalue weighted by Gasteiger charge is -2.31. The van der Waals surface area contributed by atoms with Gasteiger partial charge in [-0.2, -0.15) is 0 Å². The SMILES string of the molecule is O=C(O)N1CCC[C@@H](n2cnc3cnc4[nH]ccc4c32)C1. The third-order valence-corrected chi connectivity index (χ3v) is 4.18. The largest absolute Gasteiger partial charge is 0.465 e. The van der Waals surface area contributed by atoms with Crippen molar-refractivity contribution in [3.63, 3.8) is 0 Å². The first-order valence-corrected chi connectivity index (χ1v) is 7.00. The highest BCUT2D eigenvalue weighted by atomic mass is 16.4. The molecule has 4 heterocycles. The highest BCUT2D eigenvalue weighted by molar-refractivity contribution is 6.00. The van der Waals surface area contributed by atoms with Crippen molar-refractivity contribution in [3.05, 3.63) is 24.8 Å². The van der Waals surface area contributed by atoms with Crippen molar-refractivity contribution in [2.24, 2.45) is 0 Å². The lowest BCUT2D eigenvalue weighted by atomic mass is 10.1. The van der Waals surface area contributed by atoms with E-state index in [1.807, 2.05) is 12.3 Å². The maximum atomic E-state index is 11.2. The number of fused-ring (bicyclic) bond motifs is 3. The molecule has 1 fully saturated rings. The van der Waals surface area contributed by atoms with E-state index >= 15 is 0 Å². The van der Waals surface area contributed by atoms with Gasteiger partial charge < -0.3 is 19.6 Å². The van der Waals surface area contributed by atoms with Crippen molar-refractivity contribution in [1.29, 1.82) is 0 Å². The number of imidazole rings is 1. The molecule has 0 spiro atoms. The first kappa shape index (κ1) is 12.2. The van der Waals surface area contributed by atoms with E-state index in [9.17, 15) is 9.90 Å². The minimum Gasteiger partial charge on any atom is -0.465 e. The fourth-order valence-corrected chi connectivity index (χ4v) is 3.16. The van der Waals surface area contributed by atoms with Crippen molar-refractivity contribution in [2.45, 2.75) is 18.9 Å². The van der Waals surface area contributed by atoms with Gasteiger partial charge in [-0.05, 0) is 18.9 Å². The number of pyridine rings is 1. The van der Waals surface area contributed by atoms with Gasteiger partial charge in [-0.3, -0.25) is 0 Å². The van der Waals surface area contributed by atoms with Crippen molar-refractivity contribution < 1.29 is 9.90 Å². The van der Waals surface area contributed by atoms with E-state index in [2.05, 4.69) is 19.5 Å². The summed E-state index contributed by atoms with van der Waals surface area (Å²) in [7, 11) is 0. The molecular formula is C14H15N5O2. The molecule has 4 rings (SSSR count). The van der Waals surface area contributed by atoms with Crippen LogP contribution in [0.25, 0.3) is 22.1 Å². The minimum atomic E-state index is -0.849. The number of rotatable bonds is 1. The van der Waals surface area contributed by atoms with Crippen molar-refractivity contribution in [1.82, 2.24) is 24.4 Å². The third kappa shape index (κ3) is 1.84. The Hall–Kier alpha value is -2.57. The van der Waals surface area contributed by atoms with Gasteiger partial charge in [0, 0.05) is 24.7 Å². The Kier molecular flexibility index (Phi) is 2.60. The zero-order valence-electron chi connectivity index (χ0n) is 11.4. The van der Waals surface area contributed by atoms with Crippen LogP contribution in [0.3, 0.4) is 0 Å². The Bertz CT molecular complexity index is 821. The number of amides is 1. The number of hydrogen-bond donors (Lipinski definition) is 2. The lowest BCUT2D eigenvalue weighted by molar-refractivity contribution is 0.122. The molecule has 1 aliphatic heterocycles. The zero-order valence-corrected chi connectivity index (χ0v) is 11.4. The van der Waals surface area contributed by atoms with Crippen LogP contribution in [0, 0.1) is 0 Å². The van der Waals surface area contributed by atoms with Crippen LogP contribution in [-0.4, -0.2) is 48.7 Å². The molecule has 108 valence electrons. The molecule has 0 unspecified atom stereocenters. The Labute approximate surface area is 120 Å². The first-order valence-electron chi connectivity index (χ1n) is 7.00. The Morgan fingerprint density at radius 3 is 3.19 bits per heavy atom. The van der Waals surface area contributed by atoms with E-state index in [1.54, 1.807) is 12.5 Å². The second kappa shape index (κ2) is 4.47. The molecule has 21 heavy (non-hydrogen) atoms. The van der Waals surface area contributed by atoms with E-state index in [4.69, 9.17) is 0 Å². The molecule has 0 radical (unpaired) electrons. The molecule has 7 nitrogen and oxygen atoms in total. The minimum absolute atomic E-state index is 0.125. The summed E-state index contributed by atoms with van der Waals surface area (Å²) < 4.78 is 2.10. The fourth-order valence-electron chi connectivity index (χ4n) is 3.16. The van der Waals surface area contributed by atoms with Crippen LogP contribution in [0.2, 0.25) is 0 Å². The number of likely N-dealkylation sites (tertiary alicyclic amines) is 1. The highest BCUT2D eigenvalue weighted by Crippen LogP contribution is 2.29. The average Bonchev–Trinajstić information content (AvgIpc) is 3.13. The topological polar surface area (TPSA) is 87.0 Å². The average molecular weight is 285 g/mol. The number of carbonyl (C=O) groups is 1. The number of aromatic nitrogens is 4. The summed E-state index contributed by atoms with van der Waals surface area (Å²) in [5.74, 6) is 0. The second-order valence-electron chi connectivity index (χ2n) is 5.41. The second-order valence-corrected chi connectivity index (χ2v) is 5.41. The molecule has 2 N–H and O–H groups in total. The van der Waals surface area contributed by atoms with E-state index in [0.29, 0.717) is 13.1 Å². The summed E-state index contributed by atoms with van der Waals surface area (Å²) in [6.07, 6.45) is 6.40. The van der Waals surface area contributed by atoms with Gasteiger partial charge >= 0.3 is 6.09 Å². The molecule has 0 bridgehead atoms. The maximum absolute atomic E-state index is 11.2. The predicted molar refractivity (Wildman–Crippen MR) is 77.3 cm³/mol. The normalized spacial score (nSPS) is 19.4. The van der Waals surface area contributed by atoms with Crippen LogP contribution < -0.4 is 0 Å². The molecule has 1 aliphatic rings. The third-order valence-electron chi connectivity index (χ3n) is 4.18. The van der Waals surface area contributed by atoms with Crippen LogP contribution in [0.4, 0.5) is 4.79 Å². The molecule has 7 heteroatoms. The molecule has 3 aromatic heterocycles. The van der Waals surface area contributed by atoms with Gasteiger partial charge in [-0.15, -0.1) is 0 Å². The van der Waals surface area contributed by atoms with Gasteiger partial charge in [0.05, 0.1) is 24.1 Å². The number of nitrogens with one attached hydrogen (secondary N) is 1. The Balaban J connectivity index is 1.82. The summed E-state index contributed by atoms with van der Waals surface area (Å²) in [6, 6.07) is 2.11. The summed E-state index contributed by atoms with van der Waals surface area (Å²) in [5.41, 5.74) is 2.70. The molecule has 1 atom stereocenters. The van der Waals surface area contributed by atoms with Gasteiger partial charge in [0.25, 0.3) is 0 Å². The zero-order chi connectivity index (χ0) is 14.4. The number of hydrogen-bond acceptors (Lipinski definition) is 3. The van der Waals surface area contributed by atoms with E-state index in [-0.39, 0.29) is 6.04 Å². The molecule has 0 saturated carbocycles. The van der Waals surface area contributed by atoms with Gasteiger partial charge in [-0.1, -0.05) is 0 Å².